The fourth-order valence-corrected chi connectivity index (χ4v) is 3.55. The van der Waals surface area contributed by atoms with Crippen molar-refractivity contribution in [2.75, 3.05) is 0 Å². The Morgan fingerprint density at radius 2 is 2.00 bits per heavy atom. The third-order valence-electron chi connectivity index (χ3n) is 4.04. The third-order valence-corrected chi connectivity index (χ3v) is 4.67. The SMILES string of the molecule is CC(N)CCC1Cc2cc(F)cc(-c3c(Cl)cccc3Cl)c2O1. The molecule has 2 atom stereocenters. The van der Waals surface area contributed by atoms with Crippen LogP contribution in [0.2, 0.25) is 10.0 Å². The maximum atomic E-state index is 14.1. The maximum Gasteiger partial charge on any atom is 0.131 e. The number of rotatable bonds is 4. The van der Waals surface area contributed by atoms with E-state index in [0.29, 0.717) is 33.3 Å². The monoisotopic (exact) mass is 353 g/mol. The van der Waals surface area contributed by atoms with Crippen molar-refractivity contribution in [2.24, 2.45) is 5.73 Å². The quantitative estimate of drug-likeness (QED) is 0.816. The summed E-state index contributed by atoms with van der Waals surface area (Å²) in [6.07, 6.45) is 2.39. The van der Waals surface area contributed by atoms with Crippen molar-refractivity contribution in [3.63, 3.8) is 0 Å². The fourth-order valence-electron chi connectivity index (χ4n) is 2.95. The van der Waals surface area contributed by atoms with Crippen LogP contribution in [0.25, 0.3) is 11.1 Å². The molecular formula is C18H18Cl2FNO. The van der Waals surface area contributed by atoms with Gasteiger partial charge >= 0.3 is 0 Å². The van der Waals surface area contributed by atoms with Crippen LogP contribution in [0.4, 0.5) is 4.39 Å². The molecule has 0 radical (unpaired) electrons. The molecule has 2 N–H and O–H groups in total. The molecule has 0 fully saturated rings. The summed E-state index contributed by atoms with van der Waals surface area (Å²) in [6, 6.07) is 8.32. The van der Waals surface area contributed by atoms with Gasteiger partial charge in [-0.25, -0.2) is 4.39 Å². The summed E-state index contributed by atoms with van der Waals surface area (Å²) in [6.45, 7) is 1.97. The van der Waals surface area contributed by atoms with Crippen LogP contribution in [0, 0.1) is 5.82 Å². The van der Waals surface area contributed by atoms with Crippen LogP contribution in [-0.2, 0) is 6.42 Å². The summed E-state index contributed by atoms with van der Waals surface area (Å²) in [4.78, 5) is 0. The van der Waals surface area contributed by atoms with E-state index in [9.17, 15) is 4.39 Å². The normalized spacial score (nSPS) is 17.7. The highest BCUT2D eigenvalue weighted by Crippen LogP contribution is 2.45. The lowest BCUT2D eigenvalue weighted by Gasteiger charge is -2.15. The van der Waals surface area contributed by atoms with Gasteiger partial charge in [0.15, 0.2) is 0 Å². The molecule has 5 heteroatoms. The summed E-state index contributed by atoms with van der Waals surface area (Å²) >= 11 is 12.6. The van der Waals surface area contributed by atoms with Gasteiger partial charge in [-0.05, 0) is 44.0 Å². The van der Waals surface area contributed by atoms with Crippen LogP contribution in [0.3, 0.4) is 0 Å². The van der Waals surface area contributed by atoms with Crippen LogP contribution < -0.4 is 10.5 Å². The van der Waals surface area contributed by atoms with Crippen LogP contribution in [-0.4, -0.2) is 12.1 Å². The van der Waals surface area contributed by atoms with Gasteiger partial charge in [0.25, 0.3) is 0 Å². The first kappa shape index (κ1) is 16.6. The summed E-state index contributed by atoms with van der Waals surface area (Å²) in [5.74, 6) is 0.363. The predicted octanol–water partition coefficient (Wildman–Crippen LogP) is 5.23. The molecule has 122 valence electrons. The number of benzene rings is 2. The summed E-state index contributed by atoms with van der Waals surface area (Å²) in [5, 5.41) is 0.959. The lowest BCUT2D eigenvalue weighted by molar-refractivity contribution is 0.215. The number of hydrogen-bond donors (Lipinski definition) is 1. The minimum absolute atomic E-state index is 0.0119. The second-order valence-electron chi connectivity index (χ2n) is 6.04. The zero-order valence-corrected chi connectivity index (χ0v) is 14.3. The van der Waals surface area contributed by atoms with Crippen LogP contribution >= 0.6 is 23.2 Å². The number of fused-ring (bicyclic) bond motifs is 1. The largest absolute Gasteiger partial charge is 0.489 e. The number of halogens is 3. The van der Waals surface area contributed by atoms with Gasteiger partial charge in [0.1, 0.15) is 17.7 Å². The molecule has 2 unspecified atom stereocenters. The van der Waals surface area contributed by atoms with Crippen molar-refractivity contribution >= 4 is 23.2 Å². The first-order valence-electron chi connectivity index (χ1n) is 7.64. The van der Waals surface area contributed by atoms with E-state index in [4.69, 9.17) is 33.7 Å². The Bertz CT molecular complexity index is 713. The van der Waals surface area contributed by atoms with Gasteiger partial charge in [-0.2, -0.15) is 0 Å². The standard InChI is InChI=1S/C18H18Cl2FNO/c1-10(22)5-6-13-8-11-7-12(21)9-14(18(11)23-13)17-15(19)3-2-4-16(17)20/h2-4,7,9-10,13H,5-6,8,22H2,1H3. The number of nitrogens with two attached hydrogens (primary N) is 1. The zero-order valence-electron chi connectivity index (χ0n) is 12.8. The zero-order chi connectivity index (χ0) is 16.6. The van der Waals surface area contributed by atoms with Crippen LogP contribution in [0.1, 0.15) is 25.3 Å². The van der Waals surface area contributed by atoms with Crippen molar-refractivity contribution in [1.29, 1.82) is 0 Å². The minimum atomic E-state index is -0.314. The molecule has 0 amide bonds. The first-order chi connectivity index (χ1) is 11.0. The Morgan fingerprint density at radius 3 is 2.65 bits per heavy atom. The molecular weight excluding hydrogens is 336 g/mol. The highest BCUT2D eigenvalue weighted by molar-refractivity contribution is 6.39. The van der Waals surface area contributed by atoms with Crippen molar-refractivity contribution in [3.8, 4) is 16.9 Å². The second-order valence-corrected chi connectivity index (χ2v) is 6.85. The number of ether oxygens (including phenoxy) is 1. The Hall–Kier alpha value is -1.29. The third kappa shape index (κ3) is 3.47. The Balaban J connectivity index is 1.99. The van der Waals surface area contributed by atoms with E-state index in [2.05, 4.69) is 0 Å². The smallest absolute Gasteiger partial charge is 0.131 e. The highest BCUT2D eigenvalue weighted by Gasteiger charge is 2.28. The average molecular weight is 354 g/mol. The van der Waals surface area contributed by atoms with E-state index in [0.717, 1.165) is 18.4 Å². The molecule has 3 rings (SSSR count). The molecule has 0 aliphatic carbocycles. The topological polar surface area (TPSA) is 35.2 Å². The van der Waals surface area contributed by atoms with Gasteiger partial charge in [-0.15, -0.1) is 0 Å². The molecule has 1 aliphatic rings. The van der Waals surface area contributed by atoms with Crippen LogP contribution in [0.5, 0.6) is 5.75 Å². The van der Waals surface area contributed by atoms with E-state index in [1.165, 1.54) is 12.1 Å². The van der Waals surface area contributed by atoms with Crippen LogP contribution in [0.15, 0.2) is 30.3 Å². The van der Waals surface area contributed by atoms with Gasteiger partial charge in [-0.3, -0.25) is 0 Å². The molecule has 0 bridgehead atoms. The Kier molecular flexibility index (Phi) is 4.81. The maximum absolute atomic E-state index is 14.1. The molecule has 1 aliphatic heterocycles. The van der Waals surface area contributed by atoms with Crippen molar-refractivity contribution in [2.45, 2.75) is 38.3 Å². The average Bonchev–Trinajstić information content (AvgIpc) is 2.87. The van der Waals surface area contributed by atoms with Gasteiger partial charge in [0.2, 0.25) is 0 Å². The number of hydrogen-bond acceptors (Lipinski definition) is 2. The fraction of sp³-hybridized carbons (Fsp3) is 0.333. The molecule has 1 heterocycles. The van der Waals surface area contributed by atoms with Crippen molar-refractivity contribution in [3.05, 3.63) is 51.8 Å². The molecule has 2 aromatic carbocycles. The van der Waals surface area contributed by atoms with E-state index in [1.807, 2.05) is 6.92 Å². The molecule has 2 nitrogen and oxygen atoms in total. The minimum Gasteiger partial charge on any atom is -0.489 e. The van der Waals surface area contributed by atoms with Gasteiger partial charge in [0.05, 0.1) is 10.0 Å². The Labute approximate surface area is 145 Å². The highest BCUT2D eigenvalue weighted by atomic mass is 35.5. The molecule has 23 heavy (non-hydrogen) atoms. The van der Waals surface area contributed by atoms with Crippen molar-refractivity contribution < 1.29 is 9.13 Å². The molecule has 0 spiro atoms. The van der Waals surface area contributed by atoms with E-state index in [1.54, 1.807) is 18.2 Å². The van der Waals surface area contributed by atoms with Gasteiger partial charge in [0, 0.05) is 29.2 Å². The lowest BCUT2D eigenvalue weighted by Crippen LogP contribution is -2.20. The first-order valence-corrected chi connectivity index (χ1v) is 8.40. The molecule has 0 aromatic heterocycles. The van der Waals surface area contributed by atoms with E-state index in [-0.39, 0.29) is 18.0 Å². The summed E-state index contributed by atoms with van der Waals surface area (Å²) in [7, 11) is 0. The summed E-state index contributed by atoms with van der Waals surface area (Å²) < 4.78 is 20.1. The molecule has 0 saturated heterocycles. The van der Waals surface area contributed by atoms with Gasteiger partial charge < -0.3 is 10.5 Å². The summed E-state index contributed by atoms with van der Waals surface area (Å²) in [5.41, 5.74) is 7.88. The predicted molar refractivity (Wildman–Crippen MR) is 92.9 cm³/mol. The second kappa shape index (κ2) is 6.68. The van der Waals surface area contributed by atoms with Crippen molar-refractivity contribution in [1.82, 2.24) is 0 Å². The van der Waals surface area contributed by atoms with E-state index >= 15 is 0 Å². The Morgan fingerprint density at radius 1 is 1.30 bits per heavy atom. The van der Waals surface area contributed by atoms with Gasteiger partial charge in [-0.1, -0.05) is 29.3 Å². The molecule has 0 saturated carbocycles. The lowest BCUT2D eigenvalue weighted by atomic mass is 9.99. The molecule has 2 aromatic rings. The van der Waals surface area contributed by atoms with E-state index < -0.39 is 0 Å².